The predicted molar refractivity (Wildman–Crippen MR) is 79.0 cm³/mol. The van der Waals surface area contributed by atoms with Crippen LogP contribution in [0.25, 0.3) is 0 Å². The van der Waals surface area contributed by atoms with Crippen LogP contribution in [0.5, 0.6) is 0 Å². The summed E-state index contributed by atoms with van der Waals surface area (Å²) in [5, 5.41) is 11.2. The lowest BCUT2D eigenvalue weighted by atomic mass is 10.3. The van der Waals surface area contributed by atoms with E-state index in [1.165, 1.54) is 10.4 Å². The topological polar surface area (TPSA) is 83.8 Å². The van der Waals surface area contributed by atoms with Gasteiger partial charge in [0, 0.05) is 37.3 Å². The van der Waals surface area contributed by atoms with Gasteiger partial charge in [-0.25, -0.2) is 8.42 Å². The molecule has 0 radical (unpaired) electrons. The molecule has 9 heteroatoms. The third-order valence-corrected chi connectivity index (χ3v) is 5.68. The van der Waals surface area contributed by atoms with Crippen molar-refractivity contribution in [2.24, 2.45) is 0 Å². The van der Waals surface area contributed by atoms with Gasteiger partial charge in [0.1, 0.15) is 0 Å². The van der Waals surface area contributed by atoms with E-state index in [2.05, 4.69) is 4.90 Å². The Hall–Kier alpha value is -1.22. The van der Waals surface area contributed by atoms with E-state index in [1.807, 2.05) is 6.92 Å². The summed E-state index contributed by atoms with van der Waals surface area (Å²) in [5.41, 5.74) is -0.447. The maximum Gasteiger partial charge on any atom is 0.289 e. The van der Waals surface area contributed by atoms with Crippen LogP contribution >= 0.6 is 11.6 Å². The van der Waals surface area contributed by atoms with Crippen LogP contribution in [-0.4, -0.2) is 55.3 Å². The maximum absolute atomic E-state index is 12.6. The number of rotatable bonds is 4. The van der Waals surface area contributed by atoms with E-state index in [1.54, 1.807) is 0 Å². The average molecular weight is 334 g/mol. The summed E-state index contributed by atoms with van der Waals surface area (Å²) in [5.74, 6) is 0. The van der Waals surface area contributed by atoms with Gasteiger partial charge in [0.2, 0.25) is 10.0 Å². The number of halogens is 1. The standard InChI is InChI=1S/C12H16ClN3O4S/c1-2-14-5-7-15(8-6-14)21(19,20)12-9-10(13)3-4-11(12)16(17)18/h3-4,9H,2,5-8H2,1H3. The maximum atomic E-state index is 12.6. The molecule has 0 amide bonds. The van der Waals surface area contributed by atoms with Crippen LogP contribution in [-0.2, 0) is 10.0 Å². The largest absolute Gasteiger partial charge is 0.301 e. The number of benzene rings is 1. The van der Waals surface area contributed by atoms with Crippen molar-refractivity contribution < 1.29 is 13.3 Å². The Morgan fingerprint density at radius 1 is 1.29 bits per heavy atom. The Balaban J connectivity index is 2.36. The minimum absolute atomic E-state index is 0.159. The van der Waals surface area contributed by atoms with Gasteiger partial charge in [0.05, 0.1) is 4.92 Å². The van der Waals surface area contributed by atoms with E-state index in [-0.39, 0.29) is 9.92 Å². The van der Waals surface area contributed by atoms with Crippen LogP contribution in [0.1, 0.15) is 6.92 Å². The van der Waals surface area contributed by atoms with Gasteiger partial charge in [0.15, 0.2) is 4.90 Å². The van der Waals surface area contributed by atoms with Gasteiger partial charge in [-0.05, 0) is 18.7 Å². The first kappa shape index (κ1) is 16.2. The number of hydrogen-bond acceptors (Lipinski definition) is 5. The van der Waals surface area contributed by atoms with Crippen LogP contribution in [0.4, 0.5) is 5.69 Å². The molecule has 0 bridgehead atoms. The molecule has 0 atom stereocenters. The molecule has 1 aliphatic rings. The Kier molecular flexibility index (Phi) is 4.82. The minimum Gasteiger partial charge on any atom is -0.301 e. The SMILES string of the molecule is CCN1CCN(S(=O)(=O)c2cc(Cl)ccc2[N+](=O)[O-])CC1. The number of sulfonamides is 1. The van der Waals surface area contributed by atoms with Gasteiger partial charge in [-0.2, -0.15) is 4.31 Å². The van der Waals surface area contributed by atoms with Gasteiger partial charge < -0.3 is 4.90 Å². The van der Waals surface area contributed by atoms with Crippen molar-refractivity contribution in [3.05, 3.63) is 33.3 Å². The summed E-state index contributed by atoms with van der Waals surface area (Å²) in [6.45, 7) is 4.73. The van der Waals surface area contributed by atoms with Gasteiger partial charge in [-0.1, -0.05) is 18.5 Å². The second-order valence-corrected chi connectivity index (χ2v) is 7.05. The molecule has 1 saturated heterocycles. The molecule has 1 aromatic rings. The minimum atomic E-state index is -3.91. The van der Waals surface area contributed by atoms with Crippen molar-refractivity contribution in [1.82, 2.24) is 9.21 Å². The molecule has 0 aliphatic carbocycles. The van der Waals surface area contributed by atoms with E-state index in [0.29, 0.717) is 26.2 Å². The quantitative estimate of drug-likeness (QED) is 0.617. The number of nitro benzene ring substituents is 1. The molecule has 21 heavy (non-hydrogen) atoms. The molecule has 0 spiro atoms. The number of likely N-dealkylation sites (N-methyl/N-ethyl adjacent to an activating group) is 1. The fourth-order valence-electron chi connectivity index (χ4n) is 2.27. The molecular formula is C12H16ClN3O4S. The molecule has 7 nitrogen and oxygen atoms in total. The summed E-state index contributed by atoms with van der Waals surface area (Å²) in [6, 6.07) is 3.58. The van der Waals surface area contributed by atoms with Crippen molar-refractivity contribution in [2.45, 2.75) is 11.8 Å². The van der Waals surface area contributed by atoms with Gasteiger partial charge in [-0.3, -0.25) is 10.1 Å². The highest BCUT2D eigenvalue weighted by Crippen LogP contribution is 2.29. The van der Waals surface area contributed by atoms with Crippen LogP contribution < -0.4 is 0 Å². The number of hydrogen-bond donors (Lipinski definition) is 0. The van der Waals surface area contributed by atoms with Crippen LogP contribution in [0.2, 0.25) is 5.02 Å². The average Bonchev–Trinajstić information content (AvgIpc) is 2.47. The van der Waals surface area contributed by atoms with E-state index >= 15 is 0 Å². The van der Waals surface area contributed by atoms with E-state index in [4.69, 9.17) is 11.6 Å². The zero-order valence-corrected chi connectivity index (χ0v) is 13.1. The van der Waals surface area contributed by atoms with Crippen molar-refractivity contribution in [2.75, 3.05) is 32.7 Å². The first-order valence-electron chi connectivity index (χ1n) is 6.52. The normalized spacial score (nSPS) is 17.8. The van der Waals surface area contributed by atoms with Crippen molar-refractivity contribution in [3.8, 4) is 0 Å². The molecule has 2 rings (SSSR count). The fraction of sp³-hybridized carbons (Fsp3) is 0.500. The number of nitrogens with zero attached hydrogens (tertiary/aromatic N) is 3. The molecule has 0 saturated carbocycles. The third-order valence-electron chi connectivity index (χ3n) is 3.51. The van der Waals surface area contributed by atoms with Gasteiger partial charge in [-0.15, -0.1) is 0 Å². The summed E-state index contributed by atoms with van der Waals surface area (Å²) in [4.78, 5) is 12.1. The molecule has 0 unspecified atom stereocenters. The lowest BCUT2D eigenvalue weighted by Gasteiger charge is -2.33. The Bertz CT molecular complexity index is 642. The Morgan fingerprint density at radius 3 is 2.43 bits per heavy atom. The highest BCUT2D eigenvalue weighted by molar-refractivity contribution is 7.89. The number of nitro groups is 1. The van der Waals surface area contributed by atoms with E-state index < -0.39 is 20.6 Å². The molecule has 1 aromatic carbocycles. The molecule has 0 N–H and O–H groups in total. The highest BCUT2D eigenvalue weighted by Gasteiger charge is 2.33. The molecule has 0 aromatic heterocycles. The zero-order chi connectivity index (χ0) is 15.6. The zero-order valence-electron chi connectivity index (χ0n) is 11.5. The Labute approximate surface area is 128 Å². The van der Waals surface area contributed by atoms with Gasteiger partial charge in [0.25, 0.3) is 5.69 Å². The van der Waals surface area contributed by atoms with Crippen molar-refractivity contribution in [1.29, 1.82) is 0 Å². The summed E-state index contributed by atoms with van der Waals surface area (Å²) >= 11 is 5.80. The summed E-state index contributed by atoms with van der Waals surface area (Å²) < 4.78 is 26.5. The predicted octanol–water partition coefficient (Wildman–Crippen LogP) is 1.57. The first-order valence-corrected chi connectivity index (χ1v) is 8.34. The molecule has 1 heterocycles. The summed E-state index contributed by atoms with van der Waals surface area (Å²) in [7, 11) is -3.91. The van der Waals surface area contributed by atoms with Crippen molar-refractivity contribution >= 4 is 27.3 Å². The molecule has 1 fully saturated rings. The monoisotopic (exact) mass is 333 g/mol. The molecule has 1 aliphatic heterocycles. The summed E-state index contributed by atoms with van der Waals surface area (Å²) in [6.07, 6.45) is 0. The first-order chi connectivity index (χ1) is 9.86. The highest BCUT2D eigenvalue weighted by atomic mass is 35.5. The fourth-order valence-corrected chi connectivity index (χ4v) is 4.11. The Morgan fingerprint density at radius 2 is 1.90 bits per heavy atom. The van der Waals surface area contributed by atoms with Crippen LogP contribution in [0, 0.1) is 10.1 Å². The van der Waals surface area contributed by atoms with E-state index in [0.717, 1.165) is 18.7 Å². The molecule has 116 valence electrons. The van der Waals surface area contributed by atoms with Crippen LogP contribution in [0.3, 0.4) is 0 Å². The smallest absolute Gasteiger partial charge is 0.289 e. The lowest BCUT2D eigenvalue weighted by Crippen LogP contribution is -2.48. The van der Waals surface area contributed by atoms with Crippen molar-refractivity contribution in [3.63, 3.8) is 0 Å². The third kappa shape index (κ3) is 3.34. The second-order valence-electron chi connectivity index (χ2n) is 4.71. The van der Waals surface area contributed by atoms with Gasteiger partial charge >= 0.3 is 0 Å². The second kappa shape index (κ2) is 6.27. The van der Waals surface area contributed by atoms with E-state index in [9.17, 15) is 18.5 Å². The molecular weight excluding hydrogens is 318 g/mol. The number of piperazine rings is 1. The van der Waals surface area contributed by atoms with Crippen LogP contribution in [0.15, 0.2) is 23.1 Å². The lowest BCUT2D eigenvalue weighted by molar-refractivity contribution is -0.387.